The van der Waals surface area contributed by atoms with Crippen LogP contribution in [0, 0.1) is 6.92 Å². The molecule has 4 nitrogen and oxygen atoms in total. The molecule has 0 N–H and O–H groups in total. The number of thiocarbonyl (C=S) groups is 1. The van der Waals surface area contributed by atoms with Gasteiger partial charge in [-0.15, -0.1) is 0 Å². The Bertz CT molecular complexity index is 1150. The summed E-state index contributed by atoms with van der Waals surface area (Å²) in [5, 5.41) is 0.502. The quantitative estimate of drug-likeness (QED) is 0.350. The zero-order chi connectivity index (χ0) is 20.5. The summed E-state index contributed by atoms with van der Waals surface area (Å²) in [6.45, 7) is 1.95. The van der Waals surface area contributed by atoms with Gasteiger partial charge in [0.15, 0.2) is 4.32 Å². The predicted molar refractivity (Wildman–Crippen MR) is 123 cm³/mol. The molecule has 0 unspecified atom stereocenters. The minimum absolute atomic E-state index is 0.153. The molecule has 2 aromatic carbocycles. The van der Waals surface area contributed by atoms with E-state index in [1.54, 1.807) is 30.2 Å². The Morgan fingerprint density at radius 3 is 2.69 bits per heavy atom. The fourth-order valence-electron chi connectivity index (χ4n) is 3.02. The van der Waals surface area contributed by atoms with Crippen molar-refractivity contribution in [3.8, 4) is 17.1 Å². The van der Waals surface area contributed by atoms with Crippen LogP contribution in [-0.2, 0) is 4.79 Å². The third kappa shape index (κ3) is 3.83. The van der Waals surface area contributed by atoms with Gasteiger partial charge in [0.05, 0.1) is 22.7 Å². The average Bonchev–Trinajstić information content (AvgIpc) is 3.27. The molecule has 146 valence electrons. The van der Waals surface area contributed by atoms with Crippen molar-refractivity contribution in [1.29, 1.82) is 0 Å². The summed E-state index contributed by atoms with van der Waals surface area (Å²) < 4.78 is 11.6. The van der Waals surface area contributed by atoms with Gasteiger partial charge in [0, 0.05) is 11.6 Å². The highest BCUT2D eigenvalue weighted by Gasteiger charge is 2.34. The molecule has 2 heterocycles. The fraction of sp³-hybridized carbons (Fsp3) is 0.0909. The van der Waals surface area contributed by atoms with Gasteiger partial charge in [0.1, 0.15) is 17.3 Å². The third-order valence-corrected chi connectivity index (χ3v) is 6.08. The minimum Gasteiger partial charge on any atom is -0.495 e. The van der Waals surface area contributed by atoms with Crippen molar-refractivity contribution in [2.75, 3.05) is 12.0 Å². The number of amides is 1. The number of nitrogens with zero attached hydrogens (tertiary/aromatic N) is 1. The van der Waals surface area contributed by atoms with Gasteiger partial charge in [0.25, 0.3) is 5.91 Å². The van der Waals surface area contributed by atoms with Gasteiger partial charge in [-0.1, -0.05) is 53.8 Å². The molecule has 3 aromatic rings. The second kappa shape index (κ2) is 8.06. The number of halogens is 1. The number of anilines is 1. The molecule has 1 fully saturated rings. The Kier molecular flexibility index (Phi) is 5.50. The first-order valence-corrected chi connectivity index (χ1v) is 10.4. The lowest BCUT2D eigenvalue weighted by Crippen LogP contribution is -2.28. The molecule has 0 aliphatic carbocycles. The Morgan fingerprint density at radius 1 is 1.17 bits per heavy atom. The second-order valence-electron chi connectivity index (χ2n) is 6.35. The largest absolute Gasteiger partial charge is 0.495 e. The summed E-state index contributed by atoms with van der Waals surface area (Å²) in [6.07, 6.45) is 1.71. The lowest BCUT2D eigenvalue weighted by molar-refractivity contribution is -0.113. The van der Waals surface area contributed by atoms with Crippen molar-refractivity contribution in [3.05, 3.63) is 75.8 Å². The van der Waals surface area contributed by atoms with Crippen LogP contribution in [0.1, 0.15) is 11.3 Å². The molecule has 29 heavy (non-hydrogen) atoms. The maximum atomic E-state index is 12.9. The van der Waals surface area contributed by atoms with E-state index >= 15 is 0 Å². The van der Waals surface area contributed by atoms with Crippen LogP contribution >= 0.6 is 35.6 Å². The Balaban J connectivity index is 1.61. The summed E-state index contributed by atoms with van der Waals surface area (Å²) in [5.74, 6) is 1.66. The van der Waals surface area contributed by atoms with Crippen LogP contribution < -0.4 is 9.64 Å². The summed E-state index contributed by atoms with van der Waals surface area (Å²) >= 11 is 12.9. The predicted octanol–water partition coefficient (Wildman–Crippen LogP) is 6.32. The van der Waals surface area contributed by atoms with Crippen molar-refractivity contribution in [3.63, 3.8) is 0 Å². The first-order chi connectivity index (χ1) is 14.0. The van der Waals surface area contributed by atoms with Crippen molar-refractivity contribution < 1.29 is 13.9 Å². The number of aryl methyl sites for hydroxylation is 1. The van der Waals surface area contributed by atoms with Crippen LogP contribution in [0.4, 0.5) is 5.69 Å². The molecule has 1 saturated heterocycles. The van der Waals surface area contributed by atoms with Crippen molar-refractivity contribution in [2.24, 2.45) is 0 Å². The average molecular weight is 442 g/mol. The molecule has 1 aliphatic heterocycles. The van der Waals surface area contributed by atoms with Crippen molar-refractivity contribution >= 4 is 57.6 Å². The highest BCUT2D eigenvalue weighted by atomic mass is 35.5. The number of hydrogen-bond donors (Lipinski definition) is 0. The molecule has 1 aromatic heterocycles. The van der Waals surface area contributed by atoms with Gasteiger partial charge >= 0.3 is 0 Å². The van der Waals surface area contributed by atoms with E-state index in [0.29, 0.717) is 31.5 Å². The van der Waals surface area contributed by atoms with E-state index in [4.69, 9.17) is 33.0 Å². The monoisotopic (exact) mass is 441 g/mol. The first kappa shape index (κ1) is 19.8. The van der Waals surface area contributed by atoms with Gasteiger partial charge in [0.2, 0.25) is 0 Å². The normalized spacial score (nSPS) is 15.4. The molecule has 0 saturated carbocycles. The van der Waals surface area contributed by atoms with Crippen molar-refractivity contribution in [2.45, 2.75) is 6.92 Å². The molecular formula is C22H16ClNO3S2. The summed E-state index contributed by atoms with van der Waals surface area (Å²) in [6, 6.07) is 16.8. The number of para-hydroxylation sites is 1. The number of ether oxygens (including phenoxy) is 1. The van der Waals surface area contributed by atoms with Gasteiger partial charge < -0.3 is 9.15 Å². The van der Waals surface area contributed by atoms with Gasteiger partial charge in [-0.25, -0.2) is 0 Å². The maximum absolute atomic E-state index is 12.9. The number of hydrogen-bond acceptors (Lipinski definition) is 5. The molecule has 1 amide bonds. The number of methoxy groups -OCH3 is 1. The highest BCUT2D eigenvalue weighted by molar-refractivity contribution is 8.27. The van der Waals surface area contributed by atoms with E-state index in [9.17, 15) is 4.79 Å². The molecule has 7 heteroatoms. The lowest BCUT2D eigenvalue weighted by Gasteiger charge is -2.16. The molecule has 0 bridgehead atoms. The van der Waals surface area contributed by atoms with E-state index in [1.165, 1.54) is 11.8 Å². The molecule has 1 aliphatic rings. The van der Waals surface area contributed by atoms with E-state index < -0.39 is 0 Å². The standard InChI is InChI=1S/C22H16ClNO3S2/c1-13-5-3-4-6-17(13)24-21(25)20(29-22(24)28)12-15-8-10-18(27-15)14-7-9-19(26-2)16(23)11-14/h3-12H,1-2H3/b20-12-. The number of benzene rings is 2. The van der Waals surface area contributed by atoms with Crippen LogP contribution in [0.25, 0.3) is 17.4 Å². The molecular weight excluding hydrogens is 426 g/mol. The van der Waals surface area contributed by atoms with Crippen LogP contribution in [-0.4, -0.2) is 17.3 Å². The topological polar surface area (TPSA) is 42.7 Å². The maximum Gasteiger partial charge on any atom is 0.270 e. The number of thioether (sulfide) groups is 1. The second-order valence-corrected chi connectivity index (χ2v) is 8.44. The molecule has 0 radical (unpaired) electrons. The van der Waals surface area contributed by atoms with Gasteiger partial charge in [-0.05, 0) is 48.9 Å². The van der Waals surface area contributed by atoms with E-state index in [-0.39, 0.29) is 5.91 Å². The highest BCUT2D eigenvalue weighted by Crippen LogP contribution is 2.38. The van der Waals surface area contributed by atoms with E-state index in [2.05, 4.69) is 0 Å². The van der Waals surface area contributed by atoms with Crippen LogP contribution in [0.15, 0.2) is 63.9 Å². The number of furan rings is 1. The number of carbonyl (C=O) groups excluding carboxylic acids is 1. The van der Waals surface area contributed by atoms with Crippen LogP contribution in [0.5, 0.6) is 5.75 Å². The Labute approximate surface area is 183 Å². The molecule has 0 atom stereocenters. The van der Waals surface area contributed by atoms with Crippen LogP contribution in [0.2, 0.25) is 5.02 Å². The Morgan fingerprint density at radius 2 is 1.97 bits per heavy atom. The third-order valence-electron chi connectivity index (χ3n) is 4.49. The Hall–Kier alpha value is -2.54. The minimum atomic E-state index is -0.153. The number of carbonyl (C=O) groups is 1. The summed E-state index contributed by atoms with van der Waals surface area (Å²) in [4.78, 5) is 15.0. The molecule has 4 rings (SSSR count). The van der Waals surface area contributed by atoms with Gasteiger partial charge in [-0.2, -0.15) is 0 Å². The van der Waals surface area contributed by atoms with E-state index in [1.807, 2.05) is 49.4 Å². The number of rotatable bonds is 4. The summed E-state index contributed by atoms with van der Waals surface area (Å²) in [5.41, 5.74) is 2.61. The molecule has 0 spiro atoms. The summed E-state index contributed by atoms with van der Waals surface area (Å²) in [7, 11) is 1.57. The zero-order valence-corrected chi connectivity index (χ0v) is 18.0. The van der Waals surface area contributed by atoms with E-state index in [0.717, 1.165) is 16.8 Å². The zero-order valence-electron chi connectivity index (χ0n) is 15.6. The van der Waals surface area contributed by atoms with Gasteiger partial charge in [-0.3, -0.25) is 9.69 Å². The lowest BCUT2D eigenvalue weighted by atomic mass is 10.1. The SMILES string of the molecule is COc1ccc(-c2ccc(/C=C3\SC(=S)N(c4ccccc4C)C3=O)o2)cc1Cl. The fourth-order valence-corrected chi connectivity index (χ4v) is 4.55. The van der Waals surface area contributed by atoms with Crippen LogP contribution in [0.3, 0.4) is 0 Å². The first-order valence-electron chi connectivity index (χ1n) is 8.75. The smallest absolute Gasteiger partial charge is 0.270 e. The van der Waals surface area contributed by atoms with Crippen molar-refractivity contribution in [1.82, 2.24) is 0 Å².